The Hall–Kier alpha value is -2.74. The summed E-state index contributed by atoms with van der Waals surface area (Å²) in [6.07, 6.45) is 7.46. The summed E-state index contributed by atoms with van der Waals surface area (Å²) in [6, 6.07) is 12.7. The number of nitrogens with one attached hydrogen (secondary N) is 1. The minimum Gasteiger partial charge on any atom is -0.490 e. The van der Waals surface area contributed by atoms with Gasteiger partial charge in [0.1, 0.15) is 18.2 Å². The van der Waals surface area contributed by atoms with E-state index < -0.39 is 0 Å². The minimum atomic E-state index is 0.553. The number of nitrogens with two attached hydrogens (primary N) is 2. The number of hydrogen-bond donors (Lipinski definition) is 3. The Morgan fingerprint density at radius 2 is 2.12 bits per heavy atom. The second-order valence-corrected chi connectivity index (χ2v) is 8.89. The molecule has 0 aliphatic carbocycles. The van der Waals surface area contributed by atoms with E-state index in [-0.39, 0.29) is 0 Å². The Bertz CT molecular complexity index is 1190. The lowest BCUT2D eigenvalue weighted by Crippen LogP contribution is -2.28. The molecule has 32 heavy (non-hydrogen) atoms. The maximum Gasteiger partial charge on any atom is 0.142 e. The van der Waals surface area contributed by atoms with Crippen molar-refractivity contribution in [2.75, 3.05) is 26.0 Å². The average Bonchev–Trinajstić information content (AvgIpc) is 3.06. The van der Waals surface area contributed by atoms with Crippen LogP contribution in [-0.4, -0.2) is 35.4 Å². The van der Waals surface area contributed by atoms with Gasteiger partial charge < -0.3 is 25.5 Å². The third kappa shape index (κ3) is 4.85. The first-order chi connectivity index (χ1) is 15.5. The number of rotatable bonds is 6. The average molecular weight is 470 g/mol. The normalized spacial score (nSPS) is 15.3. The van der Waals surface area contributed by atoms with E-state index in [1.165, 1.54) is 22.9 Å². The summed E-state index contributed by atoms with van der Waals surface area (Å²) in [6.45, 7) is 4.77. The largest absolute Gasteiger partial charge is 0.490 e. The summed E-state index contributed by atoms with van der Waals surface area (Å²) >= 11 is 8.12. The summed E-state index contributed by atoms with van der Waals surface area (Å²) in [5.41, 5.74) is 17.2. The molecule has 8 heteroatoms. The van der Waals surface area contributed by atoms with Crippen molar-refractivity contribution in [3.8, 4) is 11.4 Å². The Kier molecular flexibility index (Phi) is 6.89. The molecule has 1 aliphatic heterocycles. The second kappa shape index (κ2) is 9.81. The number of fused-ring (bicyclic) bond motifs is 2. The van der Waals surface area contributed by atoms with Gasteiger partial charge in [-0.1, -0.05) is 35.2 Å². The fourth-order valence-electron chi connectivity index (χ4n) is 4.02. The lowest BCUT2D eigenvalue weighted by Gasteiger charge is -2.20. The molecule has 0 saturated heterocycles. The molecule has 0 saturated carbocycles. The summed E-state index contributed by atoms with van der Waals surface area (Å²) in [7, 11) is 0. The molecule has 0 radical (unpaired) electrons. The Morgan fingerprint density at radius 3 is 2.91 bits per heavy atom. The molecule has 0 atom stereocenters. The predicted octanol–water partition coefficient (Wildman–Crippen LogP) is 4.30. The molecule has 4 rings (SSSR count). The molecular weight excluding hydrogens is 442 g/mol. The molecule has 0 fully saturated rings. The number of nitrogens with zero attached hydrogens (tertiary/aromatic N) is 2. The predicted molar refractivity (Wildman–Crippen MR) is 135 cm³/mol. The molecule has 1 aliphatic rings. The first-order valence-electron chi connectivity index (χ1n) is 10.4. The van der Waals surface area contributed by atoms with Crippen molar-refractivity contribution in [3.63, 3.8) is 0 Å². The van der Waals surface area contributed by atoms with Crippen LogP contribution in [0.3, 0.4) is 0 Å². The number of aryl methyl sites for hydroxylation is 1. The second-order valence-electron chi connectivity index (χ2n) is 7.87. The van der Waals surface area contributed by atoms with Gasteiger partial charge in [-0.3, -0.25) is 4.90 Å². The van der Waals surface area contributed by atoms with Crippen LogP contribution in [0.5, 0.6) is 5.75 Å². The van der Waals surface area contributed by atoms with Gasteiger partial charge in [0.2, 0.25) is 0 Å². The van der Waals surface area contributed by atoms with Crippen LogP contribution in [0.2, 0.25) is 5.02 Å². The first-order valence-corrected chi connectivity index (χ1v) is 12.0. The van der Waals surface area contributed by atoms with Crippen LogP contribution in [0.25, 0.3) is 16.6 Å². The van der Waals surface area contributed by atoms with Crippen LogP contribution in [0, 0.1) is 6.92 Å². The van der Waals surface area contributed by atoms with Crippen molar-refractivity contribution in [1.82, 2.24) is 14.2 Å². The van der Waals surface area contributed by atoms with Crippen LogP contribution in [0.1, 0.15) is 11.1 Å². The van der Waals surface area contributed by atoms with E-state index in [0.717, 1.165) is 34.6 Å². The van der Waals surface area contributed by atoms with Crippen LogP contribution in [0.4, 0.5) is 0 Å². The molecule has 3 aromatic rings. The van der Waals surface area contributed by atoms with Gasteiger partial charge in [0, 0.05) is 48.7 Å². The van der Waals surface area contributed by atoms with E-state index >= 15 is 0 Å². The highest BCUT2D eigenvalue weighted by molar-refractivity contribution is 7.96. The monoisotopic (exact) mass is 469 g/mol. The van der Waals surface area contributed by atoms with Gasteiger partial charge in [-0.05, 0) is 55.1 Å². The zero-order chi connectivity index (χ0) is 22.7. The van der Waals surface area contributed by atoms with E-state index in [1.807, 2.05) is 18.4 Å². The standard InChI is InChI=1S/C24H28ClN5OS/c1-16-3-4-22-18(9-16)5-6-30(22)20-11-19-15-29(7-8-31-24(19)21(25)12-20)14-17(13-26)10-23(27)28-32-2/h3-6,9-13,28H,7-8,14-15,26-27H2,1-2H3/b17-13+,23-10+. The molecule has 2 aromatic carbocycles. The number of ether oxygens (including phenoxy) is 1. The van der Waals surface area contributed by atoms with Crippen molar-refractivity contribution in [2.24, 2.45) is 11.5 Å². The van der Waals surface area contributed by atoms with E-state index in [4.69, 9.17) is 27.8 Å². The number of benzene rings is 2. The van der Waals surface area contributed by atoms with Crippen molar-refractivity contribution < 1.29 is 4.74 Å². The molecule has 6 nitrogen and oxygen atoms in total. The Balaban J connectivity index is 1.64. The van der Waals surface area contributed by atoms with Crippen LogP contribution in [0.15, 0.2) is 66.3 Å². The van der Waals surface area contributed by atoms with Crippen molar-refractivity contribution in [2.45, 2.75) is 13.5 Å². The van der Waals surface area contributed by atoms with Gasteiger partial charge in [-0.2, -0.15) is 0 Å². The fraction of sp³-hybridized carbons (Fsp3) is 0.250. The highest BCUT2D eigenvalue weighted by atomic mass is 35.5. The summed E-state index contributed by atoms with van der Waals surface area (Å²) in [5.74, 6) is 1.32. The van der Waals surface area contributed by atoms with Crippen molar-refractivity contribution in [3.05, 3.63) is 82.4 Å². The maximum absolute atomic E-state index is 6.67. The maximum atomic E-state index is 6.67. The molecule has 2 heterocycles. The fourth-order valence-corrected chi connectivity index (χ4v) is 4.61. The third-order valence-corrected chi connectivity index (χ3v) is 6.18. The van der Waals surface area contributed by atoms with Crippen molar-refractivity contribution >= 4 is 34.5 Å². The van der Waals surface area contributed by atoms with Gasteiger partial charge in [0.05, 0.1) is 10.5 Å². The molecule has 5 N–H and O–H groups in total. The van der Waals surface area contributed by atoms with Gasteiger partial charge in [-0.25, -0.2) is 0 Å². The number of aromatic nitrogens is 1. The van der Waals surface area contributed by atoms with Gasteiger partial charge in [0.25, 0.3) is 0 Å². The lowest BCUT2D eigenvalue weighted by atomic mass is 10.1. The van der Waals surface area contributed by atoms with E-state index in [2.05, 4.69) is 57.6 Å². The quantitative estimate of drug-likeness (QED) is 0.369. The van der Waals surface area contributed by atoms with E-state index in [9.17, 15) is 0 Å². The highest BCUT2D eigenvalue weighted by Gasteiger charge is 2.20. The topological polar surface area (TPSA) is 81.5 Å². The highest BCUT2D eigenvalue weighted by Crippen LogP contribution is 2.35. The zero-order valence-electron chi connectivity index (χ0n) is 18.3. The van der Waals surface area contributed by atoms with Crippen molar-refractivity contribution in [1.29, 1.82) is 0 Å². The zero-order valence-corrected chi connectivity index (χ0v) is 19.8. The van der Waals surface area contributed by atoms with Gasteiger partial charge in [-0.15, -0.1) is 0 Å². The number of hydrogen-bond acceptors (Lipinski definition) is 6. The summed E-state index contributed by atoms with van der Waals surface area (Å²) in [5, 5.41) is 1.83. The molecule has 168 valence electrons. The Labute approximate surface area is 198 Å². The molecule has 0 unspecified atom stereocenters. The Morgan fingerprint density at radius 1 is 1.28 bits per heavy atom. The van der Waals surface area contributed by atoms with E-state index in [0.29, 0.717) is 30.5 Å². The van der Waals surface area contributed by atoms with Gasteiger partial charge >= 0.3 is 0 Å². The molecule has 0 spiro atoms. The minimum absolute atomic E-state index is 0.553. The first kappa shape index (κ1) is 22.5. The van der Waals surface area contributed by atoms with Crippen LogP contribution in [-0.2, 0) is 6.54 Å². The third-order valence-electron chi connectivity index (χ3n) is 5.46. The lowest BCUT2D eigenvalue weighted by molar-refractivity contribution is 0.240. The smallest absolute Gasteiger partial charge is 0.142 e. The molecule has 1 aromatic heterocycles. The molecule has 0 bridgehead atoms. The van der Waals surface area contributed by atoms with Crippen LogP contribution < -0.4 is 20.9 Å². The summed E-state index contributed by atoms with van der Waals surface area (Å²) in [4.78, 5) is 2.28. The SMILES string of the molecule is CSN/C(N)=C/C(=C\N)CN1CCOc2c(Cl)cc(-n3ccc4cc(C)ccc43)cc2C1. The number of halogens is 1. The summed E-state index contributed by atoms with van der Waals surface area (Å²) < 4.78 is 11.2. The van der Waals surface area contributed by atoms with E-state index in [1.54, 1.807) is 6.20 Å². The molecule has 0 amide bonds. The van der Waals surface area contributed by atoms with Crippen LogP contribution >= 0.6 is 23.5 Å². The van der Waals surface area contributed by atoms with Gasteiger partial charge in [0.15, 0.2) is 0 Å². The molecular formula is C24H28ClN5OS.